The highest BCUT2D eigenvalue weighted by molar-refractivity contribution is 8.08. The van der Waals surface area contributed by atoms with Gasteiger partial charge in [0.15, 0.2) is 5.13 Å². The van der Waals surface area contributed by atoms with Crippen molar-refractivity contribution in [1.82, 2.24) is 4.98 Å². The summed E-state index contributed by atoms with van der Waals surface area (Å²) in [6, 6.07) is 8.41. The molecule has 1 aromatic heterocycles. The van der Waals surface area contributed by atoms with E-state index in [0.29, 0.717) is 6.42 Å². The van der Waals surface area contributed by atoms with Crippen LogP contribution in [0.5, 0.6) is 0 Å². The number of thiol groups is 1. The predicted octanol–water partition coefficient (Wildman–Crippen LogP) is 4.76. The first-order valence-electron chi connectivity index (χ1n) is 7.34. The van der Waals surface area contributed by atoms with Crippen LogP contribution in [-0.2, 0) is 16.1 Å². The van der Waals surface area contributed by atoms with E-state index in [0.717, 1.165) is 22.3 Å². The summed E-state index contributed by atoms with van der Waals surface area (Å²) < 4.78 is -0.659. The molecule has 120 valence electrons. The Morgan fingerprint density at radius 2 is 2.09 bits per heavy atom. The summed E-state index contributed by atoms with van der Waals surface area (Å²) in [6.45, 7) is 4.82. The SMILES string of the molecule is CC1=CCC(C(=O)S)(c2csc(NCc3ccc(C)cc3)n2)S1. The van der Waals surface area contributed by atoms with E-state index >= 15 is 0 Å². The average molecular weight is 363 g/mol. The minimum atomic E-state index is -0.659. The number of carbonyl (C=O) groups is 1. The lowest BCUT2D eigenvalue weighted by Gasteiger charge is -2.22. The number of hydrogen-bond acceptors (Lipinski definition) is 5. The first kappa shape index (κ1) is 16.6. The van der Waals surface area contributed by atoms with Gasteiger partial charge >= 0.3 is 0 Å². The minimum absolute atomic E-state index is 0.133. The second-order valence-corrected chi connectivity index (χ2v) is 8.44. The van der Waals surface area contributed by atoms with E-state index in [4.69, 9.17) is 0 Å². The lowest BCUT2D eigenvalue weighted by Crippen LogP contribution is -2.26. The van der Waals surface area contributed by atoms with E-state index in [1.54, 1.807) is 11.8 Å². The van der Waals surface area contributed by atoms with Crippen LogP contribution >= 0.6 is 35.7 Å². The van der Waals surface area contributed by atoms with Crippen molar-refractivity contribution in [3.05, 3.63) is 57.4 Å². The minimum Gasteiger partial charge on any atom is -0.357 e. The Labute approximate surface area is 150 Å². The fraction of sp³-hybridized carbons (Fsp3) is 0.294. The number of nitrogens with zero attached hydrogens (tertiary/aromatic N) is 1. The molecule has 1 aliphatic heterocycles. The van der Waals surface area contributed by atoms with Crippen LogP contribution in [0, 0.1) is 6.92 Å². The Bertz CT molecular complexity index is 751. The molecule has 1 aliphatic rings. The normalized spacial score (nSPS) is 20.4. The number of rotatable bonds is 5. The van der Waals surface area contributed by atoms with Gasteiger partial charge in [0.25, 0.3) is 0 Å². The molecule has 0 radical (unpaired) electrons. The maximum Gasteiger partial charge on any atom is 0.208 e. The molecule has 0 saturated heterocycles. The van der Waals surface area contributed by atoms with Crippen LogP contribution in [0.4, 0.5) is 5.13 Å². The zero-order valence-corrected chi connectivity index (χ0v) is 15.5. The Kier molecular flexibility index (Phi) is 4.85. The summed E-state index contributed by atoms with van der Waals surface area (Å²) in [4.78, 5) is 17.9. The van der Waals surface area contributed by atoms with Crippen LogP contribution in [0.15, 0.2) is 40.6 Å². The van der Waals surface area contributed by atoms with E-state index in [1.807, 2.05) is 12.3 Å². The van der Waals surface area contributed by atoms with E-state index < -0.39 is 4.75 Å². The number of anilines is 1. The number of thioether (sulfide) groups is 1. The van der Waals surface area contributed by atoms with Crippen LogP contribution in [-0.4, -0.2) is 10.1 Å². The van der Waals surface area contributed by atoms with Gasteiger partial charge in [-0.15, -0.1) is 35.7 Å². The first-order chi connectivity index (χ1) is 11.0. The summed E-state index contributed by atoms with van der Waals surface area (Å²) >= 11 is 7.20. The van der Waals surface area contributed by atoms with Crippen LogP contribution < -0.4 is 5.32 Å². The summed E-state index contributed by atoms with van der Waals surface area (Å²) in [6.07, 6.45) is 2.74. The summed E-state index contributed by atoms with van der Waals surface area (Å²) in [5.41, 5.74) is 3.26. The van der Waals surface area contributed by atoms with E-state index in [9.17, 15) is 4.79 Å². The number of nitrogens with one attached hydrogen (secondary N) is 1. The quantitative estimate of drug-likeness (QED) is 0.753. The van der Waals surface area contributed by atoms with Crippen molar-refractivity contribution in [2.45, 2.75) is 31.6 Å². The van der Waals surface area contributed by atoms with Crippen molar-refractivity contribution in [3.63, 3.8) is 0 Å². The third-order valence-electron chi connectivity index (χ3n) is 3.84. The number of benzene rings is 1. The highest BCUT2D eigenvalue weighted by Crippen LogP contribution is 2.51. The zero-order valence-electron chi connectivity index (χ0n) is 13.0. The number of aromatic nitrogens is 1. The summed E-state index contributed by atoms with van der Waals surface area (Å²) in [7, 11) is 0. The highest BCUT2D eigenvalue weighted by atomic mass is 32.2. The molecule has 0 saturated carbocycles. The Morgan fingerprint density at radius 1 is 1.35 bits per heavy atom. The Hall–Kier alpha value is -1.24. The lowest BCUT2D eigenvalue weighted by atomic mass is 10.0. The molecule has 0 amide bonds. The molecular formula is C17H18N2OS3. The second kappa shape index (κ2) is 6.71. The number of aryl methyl sites for hydroxylation is 1. The van der Waals surface area contributed by atoms with Gasteiger partial charge in [-0.05, 0) is 30.7 Å². The third kappa shape index (κ3) is 3.49. The Balaban J connectivity index is 1.72. The monoisotopic (exact) mass is 362 g/mol. The molecule has 0 fully saturated rings. The summed E-state index contributed by atoms with van der Waals surface area (Å²) in [5.74, 6) is 0. The first-order valence-corrected chi connectivity index (χ1v) is 9.48. The van der Waals surface area contributed by atoms with Gasteiger partial charge in [0.1, 0.15) is 4.75 Å². The fourth-order valence-electron chi connectivity index (χ4n) is 2.47. The maximum atomic E-state index is 12.1. The van der Waals surface area contributed by atoms with Gasteiger partial charge in [0, 0.05) is 11.9 Å². The summed E-state index contributed by atoms with van der Waals surface area (Å²) in [5, 5.41) is 6.00. The molecule has 1 N–H and O–H groups in total. The Morgan fingerprint density at radius 3 is 2.70 bits per heavy atom. The number of thiazole rings is 1. The molecule has 0 bridgehead atoms. The van der Waals surface area contributed by atoms with Crippen LogP contribution in [0.3, 0.4) is 0 Å². The molecule has 0 spiro atoms. The molecule has 2 heterocycles. The van der Waals surface area contributed by atoms with Crippen molar-refractivity contribution < 1.29 is 4.79 Å². The molecule has 6 heteroatoms. The third-order valence-corrected chi connectivity index (χ3v) is 6.57. The molecule has 1 atom stereocenters. The number of allylic oxidation sites excluding steroid dienone is 2. The second-order valence-electron chi connectivity index (χ2n) is 5.63. The largest absolute Gasteiger partial charge is 0.357 e. The van der Waals surface area contributed by atoms with Gasteiger partial charge in [0.2, 0.25) is 5.12 Å². The van der Waals surface area contributed by atoms with Crippen molar-refractivity contribution in [2.24, 2.45) is 0 Å². The lowest BCUT2D eigenvalue weighted by molar-refractivity contribution is -0.113. The molecule has 0 aliphatic carbocycles. The molecule has 3 nitrogen and oxygen atoms in total. The maximum absolute atomic E-state index is 12.1. The molecule has 1 aromatic carbocycles. The average Bonchev–Trinajstić information content (AvgIpc) is 3.14. The molecule has 2 aromatic rings. The van der Waals surface area contributed by atoms with Gasteiger partial charge < -0.3 is 5.32 Å². The van der Waals surface area contributed by atoms with Gasteiger partial charge in [0.05, 0.1) is 5.69 Å². The van der Waals surface area contributed by atoms with E-state index in [2.05, 4.69) is 60.2 Å². The van der Waals surface area contributed by atoms with Crippen molar-refractivity contribution >= 4 is 46.0 Å². The van der Waals surface area contributed by atoms with Crippen LogP contribution in [0.25, 0.3) is 0 Å². The molecular weight excluding hydrogens is 344 g/mol. The molecule has 3 rings (SSSR count). The van der Waals surface area contributed by atoms with Crippen LogP contribution in [0.2, 0.25) is 0 Å². The molecule has 23 heavy (non-hydrogen) atoms. The molecule has 1 unspecified atom stereocenters. The zero-order chi connectivity index (χ0) is 16.4. The van der Waals surface area contributed by atoms with Crippen molar-refractivity contribution in [2.75, 3.05) is 5.32 Å². The standard InChI is InChI=1S/C17H18N2OS3/c1-11-3-5-13(6-4-11)9-18-16-19-14(10-22-16)17(15(20)21)8-7-12(2)23-17/h3-7,10H,8-9H2,1-2H3,(H,18,19)(H,20,21). The van der Waals surface area contributed by atoms with E-state index in [1.165, 1.54) is 22.5 Å². The van der Waals surface area contributed by atoms with Gasteiger partial charge in [-0.2, -0.15) is 0 Å². The highest BCUT2D eigenvalue weighted by Gasteiger charge is 2.43. The number of hydrogen-bond donors (Lipinski definition) is 2. The van der Waals surface area contributed by atoms with Crippen molar-refractivity contribution in [3.8, 4) is 0 Å². The van der Waals surface area contributed by atoms with Crippen molar-refractivity contribution in [1.29, 1.82) is 0 Å². The number of carbonyl (C=O) groups excluding carboxylic acids is 1. The van der Waals surface area contributed by atoms with Crippen LogP contribution in [0.1, 0.15) is 30.2 Å². The smallest absolute Gasteiger partial charge is 0.208 e. The van der Waals surface area contributed by atoms with Gasteiger partial charge in [-0.3, -0.25) is 4.79 Å². The predicted molar refractivity (Wildman–Crippen MR) is 102 cm³/mol. The topological polar surface area (TPSA) is 42.0 Å². The fourth-order valence-corrected chi connectivity index (χ4v) is 4.85. The van der Waals surface area contributed by atoms with Gasteiger partial charge in [-0.25, -0.2) is 4.98 Å². The van der Waals surface area contributed by atoms with Gasteiger partial charge in [-0.1, -0.05) is 35.9 Å². The van der Waals surface area contributed by atoms with E-state index in [-0.39, 0.29) is 5.12 Å².